The Morgan fingerprint density at radius 1 is 1.47 bits per heavy atom. The van der Waals surface area contributed by atoms with E-state index in [2.05, 4.69) is 13.8 Å². The van der Waals surface area contributed by atoms with E-state index in [1.165, 1.54) is 0 Å². The van der Waals surface area contributed by atoms with Crippen molar-refractivity contribution in [2.24, 2.45) is 5.92 Å². The first-order valence-corrected chi connectivity index (χ1v) is 5.84. The number of ether oxygens (including phenoxy) is 1. The van der Waals surface area contributed by atoms with Crippen LogP contribution in [0.15, 0.2) is 0 Å². The van der Waals surface area contributed by atoms with Crippen molar-refractivity contribution in [2.45, 2.75) is 59.1 Å². The number of hydrogen-bond donors (Lipinski definition) is 0. The van der Waals surface area contributed by atoms with Gasteiger partial charge in [0.15, 0.2) is 0 Å². The van der Waals surface area contributed by atoms with Crippen molar-refractivity contribution in [2.75, 3.05) is 6.54 Å². The van der Waals surface area contributed by atoms with Crippen LogP contribution in [0, 0.1) is 5.92 Å². The standard InChI is InChI=1S/C12H23NO2/c1-6-10-7-8-13(9(10)2)11(14)15-12(3,4)5/h9-10H,6-8H2,1-5H3/t9-,10-/m0/s1. The molecule has 1 heterocycles. The van der Waals surface area contributed by atoms with E-state index in [4.69, 9.17) is 4.74 Å². The minimum atomic E-state index is -0.388. The van der Waals surface area contributed by atoms with Crippen LogP contribution in [0.25, 0.3) is 0 Å². The molecule has 1 fully saturated rings. The molecule has 0 saturated carbocycles. The molecule has 1 aliphatic rings. The lowest BCUT2D eigenvalue weighted by atomic mass is 9.99. The molecule has 0 aromatic carbocycles. The van der Waals surface area contributed by atoms with Crippen LogP contribution in [0.3, 0.4) is 0 Å². The maximum atomic E-state index is 11.8. The summed E-state index contributed by atoms with van der Waals surface area (Å²) in [6, 6.07) is 0.324. The second-order valence-corrected chi connectivity index (χ2v) is 5.37. The lowest BCUT2D eigenvalue weighted by Gasteiger charge is -2.28. The lowest BCUT2D eigenvalue weighted by Crippen LogP contribution is -2.39. The first-order valence-electron chi connectivity index (χ1n) is 5.84. The normalized spacial score (nSPS) is 26.9. The van der Waals surface area contributed by atoms with Gasteiger partial charge in [-0.25, -0.2) is 4.79 Å². The van der Waals surface area contributed by atoms with Gasteiger partial charge in [0.05, 0.1) is 0 Å². The molecule has 1 aliphatic heterocycles. The molecule has 0 aromatic rings. The van der Waals surface area contributed by atoms with E-state index in [0.29, 0.717) is 12.0 Å². The van der Waals surface area contributed by atoms with Gasteiger partial charge in [-0.1, -0.05) is 13.3 Å². The van der Waals surface area contributed by atoms with Gasteiger partial charge in [-0.05, 0) is 40.0 Å². The molecule has 0 spiro atoms. The van der Waals surface area contributed by atoms with Crippen LogP contribution in [-0.4, -0.2) is 29.2 Å². The minimum absolute atomic E-state index is 0.161. The maximum absolute atomic E-state index is 11.8. The highest BCUT2D eigenvalue weighted by molar-refractivity contribution is 5.68. The van der Waals surface area contributed by atoms with Crippen molar-refractivity contribution in [3.05, 3.63) is 0 Å². The summed E-state index contributed by atoms with van der Waals surface area (Å²) < 4.78 is 5.37. The molecule has 0 aromatic heterocycles. The van der Waals surface area contributed by atoms with Crippen molar-refractivity contribution in [3.8, 4) is 0 Å². The highest BCUT2D eigenvalue weighted by Gasteiger charge is 2.34. The summed E-state index contributed by atoms with van der Waals surface area (Å²) in [4.78, 5) is 13.7. The van der Waals surface area contributed by atoms with Crippen LogP contribution in [0.2, 0.25) is 0 Å². The number of hydrogen-bond acceptors (Lipinski definition) is 2. The fourth-order valence-corrected chi connectivity index (χ4v) is 2.13. The molecule has 15 heavy (non-hydrogen) atoms. The van der Waals surface area contributed by atoms with Crippen molar-refractivity contribution in [1.29, 1.82) is 0 Å². The zero-order valence-electron chi connectivity index (χ0n) is 10.5. The Labute approximate surface area is 92.8 Å². The van der Waals surface area contributed by atoms with E-state index in [-0.39, 0.29) is 11.7 Å². The Morgan fingerprint density at radius 3 is 2.47 bits per heavy atom. The van der Waals surface area contributed by atoms with E-state index < -0.39 is 0 Å². The summed E-state index contributed by atoms with van der Waals surface area (Å²) in [6.45, 7) is 10.9. The fourth-order valence-electron chi connectivity index (χ4n) is 2.13. The van der Waals surface area contributed by atoms with Gasteiger partial charge in [-0.2, -0.15) is 0 Å². The number of carbonyl (C=O) groups is 1. The van der Waals surface area contributed by atoms with Crippen molar-refractivity contribution in [3.63, 3.8) is 0 Å². The fraction of sp³-hybridized carbons (Fsp3) is 0.917. The highest BCUT2D eigenvalue weighted by atomic mass is 16.6. The van der Waals surface area contributed by atoms with Crippen molar-refractivity contribution >= 4 is 6.09 Å². The molecule has 0 bridgehead atoms. The van der Waals surface area contributed by atoms with E-state index >= 15 is 0 Å². The molecule has 0 unspecified atom stereocenters. The molecule has 0 N–H and O–H groups in total. The third kappa shape index (κ3) is 3.11. The van der Waals surface area contributed by atoms with Crippen LogP contribution in [0.1, 0.15) is 47.5 Å². The van der Waals surface area contributed by atoms with E-state index in [1.54, 1.807) is 0 Å². The molecule has 1 rings (SSSR count). The second kappa shape index (κ2) is 4.42. The largest absolute Gasteiger partial charge is 0.444 e. The smallest absolute Gasteiger partial charge is 0.410 e. The van der Waals surface area contributed by atoms with E-state index in [9.17, 15) is 4.79 Å². The van der Waals surface area contributed by atoms with Gasteiger partial charge in [0, 0.05) is 12.6 Å². The van der Waals surface area contributed by atoms with Gasteiger partial charge in [-0.3, -0.25) is 0 Å². The van der Waals surface area contributed by atoms with E-state index in [1.807, 2.05) is 25.7 Å². The van der Waals surface area contributed by atoms with Gasteiger partial charge < -0.3 is 9.64 Å². The van der Waals surface area contributed by atoms with Gasteiger partial charge >= 0.3 is 6.09 Å². The summed E-state index contributed by atoms with van der Waals surface area (Å²) in [6.07, 6.45) is 2.09. The predicted octanol–water partition coefficient (Wildman–Crippen LogP) is 3.04. The first-order chi connectivity index (χ1) is 6.85. The Hall–Kier alpha value is -0.730. The number of amides is 1. The van der Waals surface area contributed by atoms with Gasteiger partial charge in [0.2, 0.25) is 0 Å². The zero-order chi connectivity index (χ0) is 11.6. The summed E-state index contributed by atoms with van der Waals surface area (Å²) in [5.41, 5.74) is -0.388. The molecule has 1 amide bonds. The minimum Gasteiger partial charge on any atom is -0.444 e. The van der Waals surface area contributed by atoms with Crippen LogP contribution in [-0.2, 0) is 4.74 Å². The molecular formula is C12H23NO2. The summed E-state index contributed by atoms with van der Waals surface area (Å²) in [5, 5.41) is 0. The molecule has 0 aliphatic carbocycles. The molecule has 88 valence electrons. The molecule has 2 atom stereocenters. The van der Waals surface area contributed by atoms with Gasteiger partial charge in [0.1, 0.15) is 5.60 Å². The number of rotatable bonds is 1. The van der Waals surface area contributed by atoms with Gasteiger partial charge in [-0.15, -0.1) is 0 Å². The number of carbonyl (C=O) groups excluding carboxylic acids is 1. The van der Waals surface area contributed by atoms with Gasteiger partial charge in [0.25, 0.3) is 0 Å². The average molecular weight is 213 g/mol. The van der Waals surface area contributed by atoms with Crippen LogP contribution >= 0.6 is 0 Å². The third-order valence-corrected chi connectivity index (χ3v) is 3.07. The topological polar surface area (TPSA) is 29.5 Å². The van der Waals surface area contributed by atoms with Crippen LogP contribution in [0.4, 0.5) is 4.79 Å². The Balaban J connectivity index is 2.55. The third-order valence-electron chi connectivity index (χ3n) is 3.07. The molecule has 3 nitrogen and oxygen atoms in total. The SMILES string of the molecule is CC[C@H]1CCN(C(=O)OC(C)(C)C)[C@H]1C. The Kier molecular flexibility index (Phi) is 3.63. The Bertz CT molecular complexity index is 232. The molecule has 1 saturated heterocycles. The summed E-state index contributed by atoms with van der Waals surface area (Å²) in [5.74, 6) is 0.637. The number of likely N-dealkylation sites (tertiary alicyclic amines) is 1. The Morgan fingerprint density at radius 2 is 2.07 bits per heavy atom. The lowest BCUT2D eigenvalue weighted by molar-refractivity contribution is 0.0222. The van der Waals surface area contributed by atoms with Crippen LogP contribution in [0.5, 0.6) is 0 Å². The zero-order valence-corrected chi connectivity index (χ0v) is 10.5. The molecule has 3 heteroatoms. The quantitative estimate of drug-likeness (QED) is 0.670. The van der Waals surface area contributed by atoms with E-state index in [0.717, 1.165) is 19.4 Å². The first kappa shape index (κ1) is 12.3. The monoisotopic (exact) mass is 213 g/mol. The van der Waals surface area contributed by atoms with Crippen LogP contribution < -0.4 is 0 Å². The molecular weight excluding hydrogens is 190 g/mol. The summed E-state index contributed by atoms with van der Waals surface area (Å²) in [7, 11) is 0. The maximum Gasteiger partial charge on any atom is 0.410 e. The number of nitrogens with zero attached hydrogens (tertiary/aromatic N) is 1. The predicted molar refractivity (Wildman–Crippen MR) is 60.8 cm³/mol. The second-order valence-electron chi connectivity index (χ2n) is 5.37. The molecule has 0 radical (unpaired) electrons. The van der Waals surface area contributed by atoms with Crippen molar-refractivity contribution in [1.82, 2.24) is 4.90 Å². The average Bonchev–Trinajstić information content (AvgIpc) is 2.43. The summed E-state index contributed by atoms with van der Waals surface area (Å²) >= 11 is 0. The van der Waals surface area contributed by atoms with Crippen molar-refractivity contribution < 1.29 is 9.53 Å². The highest BCUT2D eigenvalue weighted by Crippen LogP contribution is 2.27.